The van der Waals surface area contributed by atoms with Gasteiger partial charge < -0.3 is 24.3 Å². The van der Waals surface area contributed by atoms with Crippen LogP contribution in [0.4, 0.5) is 11.4 Å². The number of carbonyl (C=O) groups excluding carboxylic acids is 2. The Balaban J connectivity index is 1.98. The van der Waals surface area contributed by atoms with Crippen LogP contribution in [0, 0.1) is 10.1 Å². The molecule has 0 radical (unpaired) electrons. The number of amides is 2. The molecule has 0 atom stereocenters. The molecule has 0 saturated carbocycles. The Morgan fingerprint density at radius 3 is 2.31 bits per heavy atom. The van der Waals surface area contributed by atoms with E-state index in [1.54, 1.807) is 30.9 Å². The Kier molecular flexibility index (Phi) is 6.80. The summed E-state index contributed by atoms with van der Waals surface area (Å²) in [6.45, 7) is 4.69. The highest BCUT2D eigenvalue weighted by Gasteiger charge is 2.19. The van der Waals surface area contributed by atoms with Crippen LogP contribution >= 0.6 is 0 Å². The van der Waals surface area contributed by atoms with Crippen LogP contribution in [0.3, 0.4) is 0 Å². The van der Waals surface area contributed by atoms with Crippen LogP contribution in [0.15, 0.2) is 24.5 Å². The Hall–Kier alpha value is -3.14. The van der Waals surface area contributed by atoms with Crippen LogP contribution in [-0.2, 0) is 14.1 Å². The molecular weight excluding hydrogens is 376 g/mol. The van der Waals surface area contributed by atoms with Gasteiger partial charge in [0.1, 0.15) is 11.4 Å². The molecule has 0 unspecified atom stereocenters. The SMILES string of the molecule is CC[N+](C)(C)CCCNC(=O)c1cc(NC(=O)c2cc([N+](=O)[O-])cn2C)cn1C. The second kappa shape index (κ2) is 8.91. The van der Waals surface area contributed by atoms with E-state index in [9.17, 15) is 19.7 Å². The zero-order chi connectivity index (χ0) is 21.8. The number of nitrogens with zero attached hydrogens (tertiary/aromatic N) is 4. The third kappa shape index (κ3) is 5.67. The minimum Gasteiger partial charge on any atom is -0.351 e. The van der Waals surface area contributed by atoms with E-state index in [1.165, 1.54) is 16.8 Å². The first-order valence-electron chi connectivity index (χ1n) is 9.42. The van der Waals surface area contributed by atoms with Crippen molar-refractivity contribution in [3.8, 4) is 0 Å². The fourth-order valence-electron chi connectivity index (χ4n) is 2.88. The summed E-state index contributed by atoms with van der Waals surface area (Å²) in [6.07, 6.45) is 3.77. The first-order valence-corrected chi connectivity index (χ1v) is 9.42. The lowest BCUT2D eigenvalue weighted by Crippen LogP contribution is -2.41. The largest absolute Gasteiger partial charge is 0.351 e. The van der Waals surface area contributed by atoms with Crippen molar-refractivity contribution < 1.29 is 19.0 Å². The summed E-state index contributed by atoms with van der Waals surface area (Å²) in [5, 5.41) is 16.4. The van der Waals surface area contributed by atoms with Gasteiger partial charge in [0.25, 0.3) is 17.5 Å². The molecule has 0 saturated heterocycles. The van der Waals surface area contributed by atoms with Gasteiger partial charge >= 0.3 is 0 Å². The summed E-state index contributed by atoms with van der Waals surface area (Å²) in [6, 6.07) is 2.79. The molecule has 0 aliphatic rings. The number of aromatic nitrogens is 2. The number of anilines is 1. The molecular formula is C19H29N6O4+. The van der Waals surface area contributed by atoms with Crippen molar-refractivity contribution in [1.29, 1.82) is 0 Å². The minimum atomic E-state index is -0.553. The molecule has 0 aliphatic carbocycles. The van der Waals surface area contributed by atoms with E-state index in [-0.39, 0.29) is 17.3 Å². The average molecular weight is 405 g/mol. The van der Waals surface area contributed by atoms with Crippen LogP contribution in [0.1, 0.15) is 34.3 Å². The Labute approximate surface area is 169 Å². The summed E-state index contributed by atoms with van der Waals surface area (Å²) in [7, 11) is 7.57. The predicted octanol–water partition coefficient (Wildman–Crippen LogP) is 1.74. The van der Waals surface area contributed by atoms with Gasteiger partial charge in [-0.2, -0.15) is 0 Å². The summed E-state index contributed by atoms with van der Waals surface area (Å²) in [5.41, 5.74) is 0.858. The third-order valence-corrected chi connectivity index (χ3v) is 5.01. The van der Waals surface area contributed by atoms with Crippen molar-refractivity contribution in [2.45, 2.75) is 13.3 Å². The van der Waals surface area contributed by atoms with E-state index in [1.807, 2.05) is 0 Å². The van der Waals surface area contributed by atoms with Crippen molar-refractivity contribution in [3.63, 3.8) is 0 Å². The molecule has 0 aromatic carbocycles. The van der Waals surface area contributed by atoms with Crippen LogP contribution < -0.4 is 10.6 Å². The lowest BCUT2D eigenvalue weighted by Gasteiger charge is -2.28. The van der Waals surface area contributed by atoms with Gasteiger partial charge in [-0.3, -0.25) is 19.7 Å². The molecule has 2 amide bonds. The van der Waals surface area contributed by atoms with Crippen LogP contribution in [0.5, 0.6) is 0 Å². The molecule has 10 nitrogen and oxygen atoms in total. The molecule has 2 heterocycles. The summed E-state index contributed by atoms with van der Waals surface area (Å²) in [5.74, 6) is -0.706. The molecule has 0 bridgehead atoms. The average Bonchev–Trinajstić information content (AvgIpc) is 3.21. The first-order chi connectivity index (χ1) is 13.5. The fourth-order valence-corrected chi connectivity index (χ4v) is 2.88. The Bertz CT molecular complexity index is 912. The smallest absolute Gasteiger partial charge is 0.287 e. The molecule has 2 rings (SSSR count). The maximum absolute atomic E-state index is 12.4. The number of nitrogens with one attached hydrogen (secondary N) is 2. The zero-order valence-corrected chi connectivity index (χ0v) is 17.6. The zero-order valence-electron chi connectivity index (χ0n) is 17.6. The van der Waals surface area contributed by atoms with Crippen molar-refractivity contribution in [1.82, 2.24) is 14.5 Å². The number of carbonyl (C=O) groups is 2. The van der Waals surface area contributed by atoms with Crippen molar-refractivity contribution >= 4 is 23.2 Å². The highest BCUT2D eigenvalue weighted by molar-refractivity contribution is 6.04. The maximum atomic E-state index is 12.4. The lowest BCUT2D eigenvalue weighted by molar-refractivity contribution is -0.888. The second-order valence-electron chi connectivity index (χ2n) is 7.72. The number of rotatable bonds is 9. The lowest BCUT2D eigenvalue weighted by atomic mass is 10.3. The fraction of sp³-hybridized carbons (Fsp3) is 0.474. The van der Waals surface area contributed by atoms with E-state index in [2.05, 4.69) is 31.7 Å². The minimum absolute atomic E-state index is 0.156. The quantitative estimate of drug-likeness (QED) is 0.286. The highest BCUT2D eigenvalue weighted by atomic mass is 16.6. The van der Waals surface area contributed by atoms with E-state index < -0.39 is 10.8 Å². The normalized spacial score (nSPS) is 11.3. The number of hydrogen-bond acceptors (Lipinski definition) is 4. The summed E-state index contributed by atoms with van der Waals surface area (Å²) < 4.78 is 3.91. The molecule has 10 heteroatoms. The van der Waals surface area contributed by atoms with Gasteiger partial charge in [0.05, 0.1) is 44.0 Å². The molecule has 0 fully saturated rings. The van der Waals surface area contributed by atoms with Crippen LogP contribution in [-0.4, -0.2) is 64.1 Å². The maximum Gasteiger partial charge on any atom is 0.287 e. The van der Waals surface area contributed by atoms with Crippen LogP contribution in [0.25, 0.3) is 0 Å². The van der Waals surface area contributed by atoms with Gasteiger partial charge in [0.15, 0.2) is 0 Å². The van der Waals surface area contributed by atoms with Crippen LogP contribution in [0.2, 0.25) is 0 Å². The van der Waals surface area contributed by atoms with Crippen molar-refractivity contribution in [3.05, 3.63) is 46.0 Å². The van der Waals surface area contributed by atoms with Gasteiger partial charge in [-0.1, -0.05) is 0 Å². The third-order valence-electron chi connectivity index (χ3n) is 5.01. The van der Waals surface area contributed by atoms with Gasteiger partial charge in [-0.05, 0) is 13.0 Å². The molecule has 0 aliphatic heterocycles. The van der Waals surface area contributed by atoms with Gasteiger partial charge in [-0.15, -0.1) is 0 Å². The molecule has 2 aromatic heterocycles. The van der Waals surface area contributed by atoms with E-state index in [4.69, 9.17) is 0 Å². The predicted molar refractivity (Wildman–Crippen MR) is 110 cm³/mol. The van der Waals surface area contributed by atoms with Crippen molar-refractivity contribution in [2.75, 3.05) is 39.0 Å². The Morgan fingerprint density at radius 1 is 1.10 bits per heavy atom. The monoisotopic (exact) mass is 405 g/mol. The van der Waals surface area contributed by atoms with Crippen molar-refractivity contribution in [2.24, 2.45) is 14.1 Å². The summed E-state index contributed by atoms with van der Waals surface area (Å²) in [4.78, 5) is 35.2. The topological polar surface area (TPSA) is 111 Å². The number of quaternary nitrogens is 1. The van der Waals surface area contributed by atoms with Gasteiger partial charge in [-0.25, -0.2) is 0 Å². The second-order valence-corrected chi connectivity index (χ2v) is 7.72. The van der Waals surface area contributed by atoms with E-state index >= 15 is 0 Å². The number of hydrogen-bond donors (Lipinski definition) is 2. The molecule has 29 heavy (non-hydrogen) atoms. The highest BCUT2D eigenvalue weighted by Crippen LogP contribution is 2.18. The molecule has 2 N–H and O–H groups in total. The number of aryl methyl sites for hydroxylation is 2. The molecule has 158 valence electrons. The van der Waals surface area contributed by atoms with Gasteiger partial charge in [0.2, 0.25) is 0 Å². The van der Waals surface area contributed by atoms with E-state index in [0.29, 0.717) is 17.9 Å². The van der Waals surface area contributed by atoms with Gasteiger partial charge in [0, 0.05) is 39.3 Å². The summed E-state index contributed by atoms with van der Waals surface area (Å²) >= 11 is 0. The number of nitro groups is 1. The first kappa shape index (κ1) is 22.2. The molecule has 0 spiro atoms. The van der Waals surface area contributed by atoms with E-state index in [0.717, 1.165) is 24.0 Å². The molecule has 2 aromatic rings. The Morgan fingerprint density at radius 2 is 1.72 bits per heavy atom. The standard InChI is InChI=1S/C19H28N6O4/c1-6-25(4,5)9-7-8-20-18(26)16-10-14(12-22(16)2)21-19(27)17-11-15(24(28)29)13-23(17)3/h10-13H,6-9H2,1-5H3,(H-,20,21,26,27)/p+1.